The predicted octanol–water partition coefficient (Wildman–Crippen LogP) is 3.94. The van der Waals surface area contributed by atoms with Crippen molar-refractivity contribution in [3.8, 4) is 0 Å². The summed E-state index contributed by atoms with van der Waals surface area (Å²) in [7, 11) is 0. The molecule has 1 atom stereocenters. The topological polar surface area (TPSA) is 26.0 Å². The maximum Gasteiger partial charge on any atom is 0.137 e. The van der Waals surface area contributed by atoms with E-state index in [9.17, 15) is 4.39 Å². The van der Waals surface area contributed by atoms with E-state index < -0.39 is 0 Å². The Labute approximate surface area is 98.3 Å². The summed E-state index contributed by atoms with van der Waals surface area (Å²) in [5, 5.41) is 0. The standard InChI is InChI=1S/C12H15BrFN/c1-3-8(2)6-12(15)9-4-5-11(14)10(13)7-9/h4-5,7,12H,2-3,6,15H2,1H3. The summed E-state index contributed by atoms with van der Waals surface area (Å²) in [6.07, 6.45) is 1.67. The first kappa shape index (κ1) is 12.4. The van der Waals surface area contributed by atoms with Crippen LogP contribution in [0, 0.1) is 5.82 Å². The second kappa shape index (κ2) is 5.42. The molecule has 1 rings (SSSR count). The van der Waals surface area contributed by atoms with Crippen LogP contribution in [0.25, 0.3) is 0 Å². The maximum absolute atomic E-state index is 13.0. The lowest BCUT2D eigenvalue weighted by molar-refractivity contribution is 0.617. The van der Waals surface area contributed by atoms with Gasteiger partial charge in [0.1, 0.15) is 5.82 Å². The summed E-state index contributed by atoms with van der Waals surface area (Å²) < 4.78 is 13.4. The van der Waals surface area contributed by atoms with E-state index in [4.69, 9.17) is 5.73 Å². The maximum atomic E-state index is 13.0. The fraction of sp³-hybridized carbons (Fsp3) is 0.333. The van der Waals surface area contributed by atoms with Crippen LogP contribution in [0.15, 0.2) is 34.8 Å². The van der Waals surface area contributed by atoms with Gasteiger partial charge in [0, 0.05) is 6.04 Å². The molecular weight excluding hydrogens is 257 g/mol. The Kier molecular flexibility index (Phi) is 4.48. The molecule has 1 nitrogen and oxygen atoms in total. The molecule has 15 heavy (non-hydrogen) atoms. The summed E-state index contributed by atoms with van der Waals surface area (Å²) >= 11 is 3.14. The third kappa shape index (κ3) is 3.43. The first-order valence-corrected chi connectivity index (χ1v) is 5.71. The summed E-state index contributed by atoms with van der Waals surface area (Å²) in [6.45, 7) is 5.96. The zero-order valence-electron chi connectivity index (χ0n) is 8.76. The zero-order chi connectivity index (χ0) is 11.4. The number of hydrogen-bond donors (Lipinski definition) is 1. The molecule has 1 aromatic rings. The van der Waals surface area contributed by atoms with Crippen LogP contribution in [0.3, 0.4) is 0 Å². The molecule has 0 fully saturated rings. The van der Waals surface area contributed by atoms with Gasteiger partial charge in [-0.3, -0.25) is 0 Å². The van der Waals surface area contributed by atoms with Gasteiger partial charge in [-0.25, -0.2) is 4.39 Å². The lowest BCUT2D eigenvalue weighted by Gasteiger charge is -2.13. The molecule has 0 amide bonds. The van der Waals surface area contributed by atoms with Gasteiger partial charge in [0.2, 0.25) is 0 Å². The number of hydrogen-bond acceptors (Lipinski definition) is 1. The normalized spacial score (nSPS) is 12.5. The van der Waals surface area contributed by atoms with Crippen molar-refractivity contribution in [3.05, 3.63) is 46.2 Å². The van der Waals surface area contributed by atoms with Crippen molar-refractivity contribution in [2.24, 2.45) is 5.73 Å². The number of halogens is 2. The van der Waals surface area contributed by atoms with E-state index in [1.807, 2.05) is 0 Å². The van der Waals surface area contributed by atoms with Gasteiger partial charge in [-0.05, 0) is 46.5 Å². The lowest BCUT2D eigenvalue weighted by atomic mass is 9.99. The Morgan fingerprint density at radius 1 is 1.60 bits per heavy atom. The van der Waals surface area contributed by atoms with Crippen LogP contribution in [-0.2, 0) is 0 Å². The second-order valence-electron chi connectivity index (χ2n) is 3.59. The number of rotatable bonds is 4. The summed E-state index contributed by atoms with van der Waals surface area (Å²) in [4.78, 5) is 0. The molecule has 0 saturated heterocycles. The summed E-state index contributed by atoms with van der Waals surface area (Å²) in [5.74, 6) is -0.264. The third-order valence-corrected chi connectivity index (χ3v) is 2.99. The van der Waals surface area contributed by atoms with Crippen LogP contribution < -0.4 is 5.73 Å². The lowest BCUT2D eigenvalue weighted by Crippen LogP contribution is -2.11. The minimum atomic E-state index is -0.264. The average Bonchev–Trinajstić information content (AvgIpc) is 2.21. The van der Waals surface area contributed by atoms with Crippen molar-refractivity contribution in [1.29, 1.82) is 0 Å². The van der Waals surface area contributed by atoms with Crippen LogP contribution in [0.4, 0.5) is 4.39 Å². The van der Waals surface area contributed by atoms with Gasteiger partial charge in [0.25, 0.3) is 0 Å². The SMILES string of the molecule is C=C(CC)CC(N)c1ccc(F)c(Br)c1. The molecule has 1 unspecified atom stereocenters. The Morgan fingerprint density at radius 3 is 2.80 bits per heavy atom. The molecule has 0 aliphatic heterocycles. The average molecular weight is 272 g/mol. The third-order valence-electron chi connectivity index (χ3n) is 2.38. The highest BCUT2D eigenvalue weighted by Gasteiger charge is 2.09. The van der Waals surface area contributed by atoms with Crippen molar-refractivity contribution >= 4 is 15.9 Å². The fourth-order valence-corrected chi connectivity index (χ4v) is 1.71. The first-order chi connectivity index (χ1) is 7.04. The van der Waals surface area contributed by atoms with Gasteiger partial charge >= 0.3 is 0 Å². The van der Waals surface area contributed by atoms with E-state index in [0.717, 1.165) is 24.0 Å². The fourth-order valence-electron chi connectivity index (χ4n) is 1.32. The van der Waals surface area contributed by atoms with Crippen molar-refractivity contribution in [2.45, 2.75) is 25.8 Å². The van der Waals surface area contributed by atoms with Gasteiger partial charge in [0.05, 0.1) is 4.47 Å². The highest BCUT2D eigenvalue weighted by Crippen LogP contribution is 2.24. The highest BCUT2D eigenvalue weighted by atomic mass is 79.9. The van der Waals surface area contributed by atoms with Gasteiger partial charge in [0.15, 0.2) is 0 Å². The summed E-state index contributed by atoms with van der Waals surface area (Å²) in [5.41, 5.74) is 8.03. The number of nitrogens with two attached hydrogens (primary N) is 1. The van der Waals surface area contributed by atoms with E-state index in [1.54, 1.807) is 12.1 Å². The minimum absolute atomic E-state index is 0.102. The Bertz CT molecular complexity index is 363. The van der Waals surface area contributed by atoms with Crippen LogP contribution in [0.5, 0.6) is 0 Å². The van der Waals surface area contributed by atoms with Gasteiger partial charge in [-0.15, -0.1) is 0 Å². The van der Waals surface area contributed by atoms with Crippen LogP contribution >= 0.6 is 15.9 Å². The van der Waals surface area contributed by atoms with Crippen LogP contribution in [0.2, 0.25) is 0 Å². The molecule has 0 aliphatic rings. The summed E-state index contributed by atoms with van der Waals surface area (Å²) in [6, 6.07) is 4.76. The molecule has 0 spiro atoms. The van der Waals surface area contributed by atoms with Crippen LogP contribution in [0.1, 0.15) is 31.4 Å². The van der Waals surface area contributed by atoms with Crippen molar-refractivity contribution in [1.82, 2.24) is 0 Å². The molecule has 1 aromatic carbocycles. The van der Waals surface area contributed by atoms with Gasteiger partial charge < -0.3 is 5.73 Å². The molecule has 0 aliphatic carbocycles. The largest absolute Gasteiger partial charge is 0.324 e. The molecule has 0 saturated carbocycles. The first-order valence-electron chi connectivity index (χ1n) is 4.91. The smallest absolute Gasteiger partial charge is 0.137 e. The van der Waals surface area contributed by atoms with Crippen molar-refractivity contribution in [2.75, 3.05) is 0 Å². The molecule has 0 bridgehead atoms. The Balaban J connectivity index is 2.78. The number of benzene rings is 1. The molecular formula is C12H15BrFN. The van der Waals surface area contributed by atoms with Gasteiger partial charge in [-0.1, -0.05) is 25.1 Å². The van der Waals surface area contributed by atoms with Crippen LogP contribution in [-0.4, -0.2) is 0 Å². The van der Waals surface area contributed by atoms with E-state index in [0.29, 0.717) is 4.47 Å². The molecule has 0 radical (unpaired) electrons. The molecule has 0 heterocycles. The monoisotopic (exact) mass is 271 g/mol. The van der Waals surface area contributed by atoms with E-state index >= 15 is 0 Å². The Hall–Kier alpha value is -0.670. The van der Waals surface area contributed by atoms with E-state index in [1.165, 1.54) is 6.07 Å². The van der Waals surface area contributed by atoms with Crippen molar-refractivity contribution in [3.63, 3.8) is 0 Å². The second-order valence-corrected chi connectivity index (χ2v) is 4.44. The molecule has 0 aromatic heterocycles. The Morgan fingerprint density at radius 2 is 2.27 bits per heavy atom. The van der Waals surface area contributed by atoms with E-state index in [-0.39, 0.29) is 11.9 Å². The molecule has 2 N–H and O–H groups in total. The highest BCUT2D eigenvalue weighted by molar-refractivity contribution is 9.10. The van der Waals surface area contributed by atoms with Crippen molar-refractivity contribution < 1.29 is 4.39 Å². The predicted molar refractivity (Wildman–Crippen MR) is 65.1 cm³/mol. The molecule has 82 valence electrons. The van der Waals surface area contributed by atoms with E-state index in [2.05, 4.69) is 29.4 Å². The van der Waals surface area contributed by atoms with Gasteiger partial charge in [-0.2, -0.15) is 0 Å². The molecule has 3 heteroatoms. The zero-order valence-corrected chi connectivity index (χ0v) is 10.3. The minimum Gasteiger partial charge on any atom is -0.324 e. The quantitative estimate of drug-likeness (QED) is 0.825.